The van der Waals surface area contributed by atoms with Gasteiger partial charge in [-0.05, 0) is 49.2 Å². The summed E-state index contributed by atoms with van der Waals surface area (Å²) in [5, 5.41) is 2.32. The number of fused-ring (bicyclic) bond motifs is 1. The van der Waals surface area contributed by atoms with Crippen molar-refractivity contribution in [1.29, 1.82) is 0 Å². The summed E-state index contributed by atoms with van der Waals surface area (Å²) in [7, 11) is 1.90. The maximum absolute atomic E-state index is 12.7. The molecule has 128 valence electrons. The molecule has 0 spiro atoms. The van der Waals surface area contributed by atoms with E-state index in [0.717, 1.165) is 22.3 Å². The van der Waals surface area contributed by atoms with Gasteiger partial charge in [-0.3, -0.25) is 9.59 Å². The molecule has 3 aromatic rings. The number of hydrogen-bond donors (Lipinski definition) is 1. The van der Waals surface area contributed by atoms with Crippen molar-refractivity contribution in [3.05, 3.63) is 65.0 Å². The number of carbonyl (C=O) groups is 2. The summed E-state index contributed by atoms with van der Waals surface area (Å²) < 4.78 is 0. The number of H-pyrrole nitrogens is 1. The monoisotopic (exact) mass is 334 g/mol. The van der Waals surface area contributed by atoms with Gasteiger partial charge in [-0.1, -0.05) is 30.3 Å². The Morgan fingerprint density at radius 1 is 1.04 bits per heavy atom. The highest BCUT2D eigenvalue weighted by molar-refractivity contribution is 6.04. The molecule has 1 N–H and O–H groups in total. The van der Waals surface area contributed by atoms with Crippen molar-refractivity contribution < 1.29 is 9.59 Å². The number of nitrogens with one attached hydrogen (secondary N) is 1. The van der Waals surface area contributed by atoms with E-state index < -0.39 is 0 Å². The number of aromatic nitrogens is 1. The summed E-state index contributed by atoms with van der Waals surface area (Å²) in [6.45, 7) is 5.42. The van der Waals surface area contributed by atoms with Crippen LogP contribution in [0.15, 0.2) is 42.5 Å². The third-order valence-electron chi connectivity index (χ3n) is 4.62. The highest BCUT2D eigenvalue weighted by atomic mass is 16.1. The van der Waals surface area contributed by atoms with Gasteiger partial charge in [0.05, 0.1) is 12.2 Å². The third-order valence-corrected chi connectivity index (χ3v) is 4.62. The van der Waals surface area contributed by atoms with Crippen molar-refractivity contribution in [3.63, 3.8) is 0 Å². The van der Waals surface area contributed by atoms with Crippen LogP contribution in [0.4, 0.5) is 5.69 Å². The van der Waals surface area contributed by atoms with E-state index in [0.29, 0.717) is 11.3 Å². The minimum atomic E-state index is -0.0243. The molecule has 0 saturated carbocycles. The lowest BCUT2D eigenvalue weighted by molar-refractivity contribution is 0.0994. The highest BCUT2D eigenvalue weighted by Gasteiger charge is 2.20. The molecule has 1 heterocycles. The SMILES string of the molecule is CC(=O)c1c(C)[nH]c(C(=O)CN(C)c2ccc3ccccc3c2)c1C. The smallest absolute Gasteiger partial charge is 0.198 e. The minimum absolute atomic E-state index is 0.0202. The van der Waals surface area contributed by atoms with Crippen LogP contribution in [0.2, 0.25) is 0 Å². The lowest BCUT2D eigenvalue weighted by Crippen LogP contribution is -2.26. The van der Waals surface area contributed by atoms with Gasteiger partial charge in [0.25, 0.3) is 0 Å². The zero-order valence-corrected chi connectivity index (χ0v) is 15.0. The molecule has 0 aliphatic carbocycles. The van der Waals surface area contributed by atoms with Gasteiger partial charge in [0, 0.05) is 24.0 Å². The molecule has 25 heavy (non-hydrogen) atoms. The number of aromatic amines is 1. The van der Waals surface area contributed by atoms with E-state index in [2.05, 4.69) is 29.2 Å². The summed E-state index contributed by atoms with van der Waals surface area (Å²) in [5.74, 6) is -0.0445. The van der Waals surface area contributed by atoms with Crippen LogP contribution in [-0.4, -0.2) is 30.1 Å². The first kappa shape index (κ1) is 17.0. The van der Waals surface area contributed by atoms with E-state index in [1.807, 2.05) is 44.0 Å². The maximum Gasteiger partial charge on any atom is 0.198 e. The molecular weight excluding hydrogens is 312 g/mol. The molecule has 0 fully saturated rings. The van der Waals surface area contributed by atoms with Gasteiger partial charge in [0.2, 0.25) is 0 Å². The van der Waals surface area contributed by atoms with Crippen LogP contribution in [0.5, 0.6) is 0 Å². The van der Waals surface area contributed by atoms with Gasteiger partial charge in [-0.15, -0.1) is 0 Å². The summed E-state index contributed by atoms with van der Waals surface area (Å²) in [6.07, 6.45) is 0. The molecule has 0 unspecified atom stereocenters. The predicted octanol–water partition coefficient (Wildman–Crippen LogP) is 4.31. The van der Waals surface area contributed by atoms with Crippen LogP contribution < -0.4 is 4.90 Å². The van der Waals surface area contributed by atoms with Gasteiger partial charge >= 0.3 is 0 Å². The number of hydrogen-bond acceptors (Lipinski definition) is 3. The van der Waals surface area contributed by atoms with E-state index in [-0.39, 0.29) is 18.1 Å². The number of ketones is 2. The fraction of sp³-hybridized carbons (Fsp3) is 0.238. The van der Waals surface area contributed by atoms with E-state index in [4.69, 9.17) is 0 Å². The first-order chi connectivity index (χ1) is 11.9. The molecule has 3 rings (SSSR count). The molecule has 0 aliphatic rings. The normalized spacial score (nSPS) is 10.9. The fourth-order valence-corrected chi connectivity index (χ4v) is 3.36. The third kappa shape index (κ3) is 3.20. The standard InChI is InChI=1S/C21H22N2O2/c1-13-20(15(3)24)14(2)22-21(13)19(25)12-23(4)18-10-9-16-7-5-6-8-17(16)11-18/h5-11,22H,12H2,1-4H3. The molecule has 0 radical (unpaired) electrons. The summed E-state index contributed by atoms with van der Waals surface area (Å²) in [4.78, 5) is 29.5. The Labute approximate surface area is 147 Å². The van der Waals surface area contributed by atoms with Gasteiger partial charge < -0.3 is 9.88 Å². The second-order valence-electron chi connectivity index (χ2n) is 6.49. The molecule has 4 heteroatoms. The zero-order chi connectivity index (χ0) is 18.1. The maximum atomic E-state index is 12.7. The van der Waals surface area contributed by atoms with Crippen LogP contribution in [0.1, 0.15) is 39.0 Å². The molecule has 4 nitrogen and oxygen atoms in total. The predicted molar refractivity (Wildman–Crippen MR) is 102 cm³/mol. The van der Waals surface area contributed by atoms with Gasteiger partial charge in [-0.2, -0.15) is 0 Å². The zero-order valence-electron chi connectivity index (χ0n) is 15.0. The lowest BCUT2D eigenvalue weighted by Gasteiger charge is -2.19. The molecular formula is C21H22N2O2. The van der Waals surface area contributed by atoms with Gasteiger partial charge in [-0.25, -0.2) is 0 Å². The Kier molecular flexibility index (Phi) is 4.45. The number of likely N-dealkylation sites (N-methyl/N-ethyl adjacent to an activating group) is 1. The second kappa shape index (κ2) is 6.55. The molecule has 0 aliphatic heterocycles. The number of carbonyl (C=O) groups excluding carboxylic acids is 2. The number of benzene rings is 2. The molecule has 0 bridgehead atoms. The quantitative estimate of drug-likeness (QED) is 0.708. The highest BCUT2D eigenvalue weighted by Crippen LogP contribution is 2.23. The fourth-order valence-electron chi connectivity index (χ4n) is 3.36. The number of rotatable bonds is 5. The van der Waals surface area contributed by atoms with Gasteiger partial charge in [0.15, 0.2) is 11.6 Å². The Bertz CT molecular complexity index is 969. The molecule has 0 atom stereocenters. The van der Waals surface area contributed by atoms with E-state index in [1.165, 1.54) is 12.3 Å². The minimum Gasteiger partial charge on any atom is -0.367 e. The van der Waals surface area contributed by atoms with E-state index in [1.54, 1.807) is 0 Å². The van der Waals surface area contributed by atoms with E-state index in [9.17, 15) is 9.59 Å². The molecule has 2 aromatic carbocycles. The molecule has 0 amide bonds. The lowest BCUT2D eigenvalue weighted by atomic mass is 10.0. The van der Waals surface area contributed by atoms with Crippen molar-refractivity contribution in [3.8, 4) is 0 Å². The van der Waals surface area contributed by atoms with Crippen LogP contribution in [0, 0.1) is 13.8 Å². The number of nitrogens with zero attached hydrogens (tertiary/aromatic N) is 1. The number of anilines is 1. The van der Waals surface area contributed by atoms with Crippen molar-refractivity contribution in [2.24, 2.45) is 0 Å². The number of Topliss-reactive ketones (excluding diaryl/α,β-unsaturated/α-hetero) is 2. The average Bonchev–Trinajstić information content (AvgIpc) is 2.89. The Morgan fingerprint density at radius 3 is 2.36 bits per heavy atom. The average molecular weight is 334 g/mol. The first-order valence-electron chi connectivity index (χ1n) is 8.31. The van der Waals surface area contributed by atoms with Crippen LogP contribution in [-0.2, 0) is 0 Å². The van der Waals surface area contributed by atoms with Crippen molar-refractivity contribution in [2.45, 2.75) is 20.8 Å². The van der Waals surface area contributed by atoms with Crippen LogP contribution in [0.3, 0.4) is 0 Å². The Balaban J connectivity index is 1.84. The van der Waals surface area contributed by atoms with E-state index >= 15 is 0 Å². The van der Waals surface area contributed by atoms with Gasteiger partial charge in [0.1, 0.15) is 0 Å². The largest absolute Gasteiger partial charge is 0.367 e. The Morgan fingerprint density at radius 2 is 1.72 bits per heavy atom. The summed E-state index contributed by atoms with van der Waals surface area (Å²) in [5.41, 5.74) is 3.62. The second-order valence-corrected chi connectivity index (χ2v) is 6.49. The van der Waals surface area contributed by atoms with Crippen LogP contribution in [0.25, 0.3) is 10.8 Å². The summed E-state index contributed by atoms with van der Waals surface area (Å²) in [6, 6.07) is 14.3. The van der Waals surface area contributed by atoms with Crippen molar-refractivity contribution in [2.75, 3.05) is 18.5 Å². The number of aryl methyl sites for hydroxylation is 1. The molecule has 1 aromatic heterocycles. The Hall–Kier alpha value is -2.88. The molecule has 0 saturated heterocycles. The topological polar surface area (TPSA) is 53.2 Å². The summed E-state index contributed by atoms with van der Waals surface area (Å²) >= 11 is 0. The van der Waals surface area contributed by atoms with Crippen molar-refractivity contribution in [1.82, 2.24) is 4.98 Å². The van der Waals surface area contributed by atoms with Crippen molar-refractivity contribution >= 4 is 28.0 Å². The first-order valence-corrected chi connectivity index (χ1v) is 8.31. The van der Waals surface area contributed by atoms with Crippen LogP contribution >= 0.6 is 0 Å².